The summed E-state index contributed by atoms with van der Waals surface area (Å²) < 4.78 is 0. The van der Waals surface area contributed by atoms with E-state index in [2.05, 4.69) is 41.2 Å². The Morgan fingerprint density at radius 2 is 2.10 bits per heavy atom. The van der Waals surface area contributed by atoms with Crippen LogP contribution in [-0.4, -0.2) is 24.1 Å². The Balaban J connectivity index is 1.60. The third-order valence-corrected chi connectivity index (χ3v) is 5.14. The smallest absolute Gasteiger partial charge is 0.0562 e. The summed E-state index contributed by atoms with van der Waals surface area (Å²) >= 11 is 0. The molecule has 1 N–H and O–H groups in total. The van der Waals surface area contributed by atoms with Gasteiger partial charge in [0.2, 0.25) is 0 Å². The third kappa shape index (κ3) is 3.32. The summed E-state index contributed by atoms with van der Waals surface area (Å²) in [6, 6.07) is 5.18. The van der Waals surface area contributed by atoms with Gasteiger partial charge in [0.15, 0.2) is 0 Å². The maximum atomic E-state index is 4.49. The molecular weight excluding hydrogens is 246 g/mol. The van der Waals surface area contributed by atoms with Gasteiger partial charge in [-0.25, -0.2) is 0 Å². The first-order chi connectivity index (χ1) is 9.68. The fourth-order valence-electron chi connectivity index (χ4n) is 2.95. The molecule has 2 heterocycles. The van der Waals surface area contributed by atoms with Crippen molar-refractivity contribution in [3.63, 3.8) is 0 Å². The molecule has 0 aromatic carbocycles. The van der Waals surface area contributed by atoms with Gasteiger partial charge in [-0.2, -0.15) is 0 Å². The maximum Gasteiger partial charge on any atom is 0.0562 e. The van der Waals surface area contributed by atoms with E-state index < -0.39 is 0 Å². The molecule has 3 rings (SSSR count). The van der Waals surface area contributed by atoms with Gasteiger partial charge >= 0.3 is 0 Å². The van der Waals surface area contributed by atoms with E-state index in [1.165, 1.54) is 56.6 Å². The van der Waals surface area contributed by atoms with E-state index in [0.29, 0.717) is 5.41 Å². The SMILES string of the molecule is CCC1(C)CCN(c2ccnc(CNC3CC3)c2)CC1. The number of pyridine rings is 1. The van der Waals surface area contributed by atoms with Crippen molar-refractivity contribution in [2.45, 2.75) is 58.5 Å². The van der Waals surface area contributed by atoms with E-state index in [4.69, 9.17) is 0 Å². The lowest BCUT2D eigenvalue weighted by Gasteiger charge is -2.40. The number of aromatic nitrogens is 1. The fraction of sp³-hybridized carbons (Fsp3) is 0.706. The first kappa shape index (κ1) is 13.9. The van der Waals surface area contributed by atoms with Crippen LogP contribution in [0.5, 0.6) is 0 Å². The second-order valence-corrected chi connectivity index (χ2v) is 6.81. The van der Waals surface area contributed by atoms with Crippen LogP contribution < -0.4 is 10.2 Å². The molecule has 2 fully saturated rings. The number of rotatable bonds is 5. The minimum Gasteiger partial charge on any atom is -0.371 e. The second kappa shape index (κ2) is 5.72. The average molecular weight is 273 g/mol. The van der Waals surface area contributed by atoms with E-state index in [-0.39, 0.29) is 0 Å². The Morgan fingerprint density at radius 3 is 2.75 bits per heavy atom. The molecule has 0 radical (unpaired) electrons. The lowest BCUT2D eigenvalue weighted by atomic mass is 9.78. The lowest BCUT2D eigenvalue weighted by Crippen LogP contribution is -2.38. The van der Waals surface area contributed by atoms with Gasteiger partial charge in [-0.15, -0.1) is 0 Å². The number of nitrogens with one attached hydrogen (secondary N) is 1. The minimum atomic E-state index is 0.555. The van der Waals surface area contributed by atoms with Crippen LogP contribution >= 0.6 is 0 Å². The highest BCUT2D eigenvalue weighted by Gasteiger charge is 2.28. The highest BCUT2D eigenvalue weighted by atomic mass is 15.1. The largest absolute Gasteiger partial charge is 0.371 e. The molecule has 3 nitrogen and oxygen atoms in total. The summed E-state index contributed by atoms with van der Waals surface area (Å²) in [6.45, 7) is 8.04. The van der Waals surface area contributed by atoms with Crippen LogP contribution in [0.4, 0.5) is 5.69 Å². The minimum absolute atomic E-state index is 0.555. The summed E-state index contributed by atoms with van der Waals surface area (Å²) in [6.07, 6.45) is 8.55. The van der Waals surface area contributed by atoms with Crippen molar-refractivity contribution in [1.82, 2.24) is 10.3 Å². The number of anilines is 1. The molecule has 1 saturated heterocycles. The predicted molar refractivity (Wildman–Crippen MR) is 83.9 cm³/mol. The maximum absolute atomic E-state index is 4.49. The van der Waals surface area contributed by atoms with Gasteiger partial charge in [0.05, 0.1) is 5.69 Å². The molecular formula is C17H27N3. The topological polar surface area (TPSA) is 28.2 Å². The Kier molecular flexibility index (Phi) is 3.97. The van der Waals surface area contributed by atoms with Crippen molar-refractivity contribution >= 4 is 5.69 Å². The molecule has 1 aromatic rings. The van der Waals surface area contributed by atoms with Gasteiger partial charge in [-0.05, 0) is 43.2 Å². The molecule has 0 amide bonds. The lowest BCUT2D eigenvalue weighted by molar-refractivity contribution is 0.238. The van der Waals surface area contributed by atoms with Gasteiger partial charge in [0.25, 0.3) is 0 Å². The average Bonchev–Trinajstić information content (AvgIpc) is 3.30. The van der Waals surface area contributed by atoms with E-state index >= 15 is 0 Å². The van der Waals surface area contributed by atoms with Crippen LogP contribution in [-0.2, 0) is 6.54 Å². The monoisotopic (exact) mass is 273 g/mol. The molecule has 1 aliphatic heterocycles. The normalized spacial score (nSPS) is 22.0. The summed E-state index contributed by atoms with van der Waals surface area (Å²) in [4.78, 5) is 7.02. The molecule has 1 aliphatic carbocycles. The number of piperidine rings is 1. The van der Waals surface area contributed by atoms with Crippen LogP contribution in [0, 0.1) is 5.41 Å². The second-order valence-electron chi connectivity index (χ2n) is 6.81. The molecule has 0 spiro atoms. The molecule has 20 heavy (non-hydrogen) atoms. The molecule has 0 atom stereocenters. The van der Waals surface area contributed by atoms with Crippen molar-refractivity contribution in [3.8, 4) is 0 Å². The van der Waals surface area contributed by atoms with Gasteiger partial charge in [0.1, 0.15) is 0 Å². The van der Waals surface area contributed by atoms with Crippen LogP contribution in [0.3, 0.4) is 0 Å². The van der Waals surface area contributed by atoms with Crippen LogP contribution in [0.25, 0.3) is 0 Å². The first-order valence-corrected chi connectivity index (χ1v) is 8.12. The van der Waals surface area contributed by atoms with Crippen LogP contribution in [0.1, 0.15) is 51.6 Å². The molecule has 1 aromatic heterocycles. The highest BCUT2D eigenvalue weighted by molar-refractivity contribution is 5.47. The van der Waals surface area contributed by atoms with Crippen molar-refractivity contribution in [1.29, 1.82) is 0 Å². The van der Waals surface area contributed by atoms with Gasteiger partial charge in [0, 0.05) is 37.6 Å². The van der Waals surface area contributed by atoms with Crippen LogP contribution in [0.2, 0.25) is 0 Å². The quantitative estimate of drug-likeness (QED) is 0.891. The Hall–Kier alpha value is -1.09. The summed E-state index contributed by atoms with van der Waals surface area (Å²) in [5, 5.41) is 3.54. The fourth-order valence-corrected chi connectivity index (χ4v) is 2.95. The van der Waals surface area contributed by atoms with Gasteiger partial charge in [-0.3, -0.25) is 4.98 Å². The van der Waals surface area contributed by atoms with Crippen molar-refractivity contribution in [2.75, 3.05) is 18.0 Å². The van der Waals surface area contributed by atoms with E-state index in [1.807, 2.05) is 6.20 Å². The molecule has 3 heteroatoms. The highest BCUT2D eigenvalue weighted by Crippen LogP contribution is 2.35. The van der Waals surface area contributed by atoms with E-state index in [9.17, 15) is 0 Å². The van der Waals surface area contributed by atoms with Crippen LogP contribution in [0.15, 0.2) is 18.3 Å². The predicted octanol–water partition coefficient (Wildman–Crippen LogP) is 3.35. The number of hydrogen-bond acceptors (Lipinski definition) is 3. The molecule has 0 unspecified atom stereocenters. The number of nitrogens with zero attached hydrogens (tertiary/aromatic N) is 2. The van der Waals surface area contributed by atoms with E-state index in [0.717, 1.165) is 12.6 Å². The molecule has 110 valence electrons. The standard InChI is InChI=1S/C17H27N3/c1-3-17(2)7-10-20(11-8-17)16-6-9-18-15(12-16)13-19-14-4-5-14/h6,9,12,14,19H,3-5,7-8,10-11,13H2,1-2H3. The Bertz CT molecular complexity index is 445. The Morgan fingerprint density at radius 1 is 1.35 bits per heavy atom. The summed E-state index contributed by atoms with van der Waals surface area (Å²) in [7, 11) is 0. The number of hydrogen-bond donors (Lipinski definition) is 1. The zero-order chi connectivity index (χ0) is 14.0. The molecule has 1 saturated carbocycles. The summed E-state index contributed by atoms with van der Waals surface area (Å²) in [5.41, 5.74) is 3.09. The van der Waals surface area contributed by atoms with Crippen molar-refractivity contribution in [3.05, 3.63) is 24.0 Å². The van der Waals surface area contributed by atoms with Crippen molar-refractivity contribution < 1.29 is 0 Å². The zero-order valence-corrected chi connectivity index (χ0v) is 12.9. The summed E-state index contributed by atoms with van der Waals surface area (Å²) in [5.74, 6) is 0. The third-order valence-electron chi connectivity index (χ3n) is 5.14. The Labute approximate surface area is 122 Å². The molecule has 2 aliphatic rings. The van der Waals surface area contributed by atoms with Crippen molar-refractivity contribution in [2.24, 2.45) is 5.41 Å². The van der Waals surface area contributed by atoms with Gasteiger partial charge < -0.3 is 10.2 Å². The van der Waals surface area contributed by atoms with Gasteiger partial charge in [-0.1, -0.05) is 20.3 Å². The zero-order valence-electron chi connectivity index (χ0n) is 12.9. The molecule has 0 bridgehead atoms. The van der Waals surface area contributed by atoms with E-state index in [1.54, 1.807) is 0 Å². The first-order valence-electron chi connectivity index (χ1n) is 8.12.